The molecule has 3 aromatic rings. The molecule has 0 radical (unpaired) electrons. The quantitative estimate of drug-likeness (QED) is 0.477. The van der Waals surface area contributed by atoms with Crippen molar-refractivity contribution >= 4 is 18.0 Å². The van der Waals surface area contributed by atoms with Crippen molar-refractivity contribution in [2.24, 2.45) is 7.05 Å². The number of benzene rings is 2. The van der Waals surface area contributed by atoms with E-state index in [1.54, 1.807) is 7.05 Å². The minimum absolute atomic E-state index is 0.0508. The molecule has 0 spiro atoms. The number of nitrogens with one attached hydrogen (secondary N) is 2. The summed E-state index contributed by atoms with van der Waals surface area (Å²) in [6.45, 7) is 0.107. The van der Waals surface area contributed by atoms with Gasteiger partial charge in [-0.2, -0.15) is 15.0 Å². The molecule has 10 heteroatoms. The number of fused-ring (bicyclic) bond motifs is 3. The molecule has 1 aliphatic carbocycles. The Bertz CT molecular complexity index is 1150. The third-order valence-corrected chi connectivity index (χ3v) is 5.42. The highest BCUT2D eigenvalue weighted by atomic mass is 16.5. The molecular weight excluding hydrogens is 426 g/mol. The van der Waals surface area contributed by atoms with Crippen molar-refractivity contribution in [1.29, 1.82) is 0 Å². The van der Waals surface area contributed by atoms with Crippen LogP contribution in [-0.2, 0) is 27.9 Å². The number of amides is 2. The van der Waals surface area contributed by atoms with Crippen LogP contribution in [0.4, 0.5) is 4.79 Å². The predicted octanol–water partition coefficient (Wildman–Crippen LogP) is 1.81. The molecule has 3 N–H and O–H groups in total. The van der Waals surface area contributed by atoms with Gasteiger partial charge in [0.15, 0.2) is 0 Å². The zero-order valence-corrected chi connectivity index (χ0v) is 17.9. The molecule has 4 rings (SSSR count). The molecule has 1 aliphatic rings. The van der Waals surface area contributed by atoms with E-state index < -0.39 is 30.4 Å². The predicted molar refractivity (Wildman–Crippen MR) is 117 cm³/mol. The van der Waals surface area contributed by atoms with Crippen LogP contribution in [0, 0.1) is 0 Å². The van der Waals surface area contributed by atoms with Crippen LogP contribution in [0.15, 0.2) is 54.7 Å². The molecule has 33 heavy (non-hydrogen) atoms. The molecule has 2 amide bonds. The van der Waals surface area contributed by atoms with Gasteiger partial charge in [-0.15, -0.1) is 0 Å². The number of aryl methyl sites for hydroxylation is 1. The first-order valence-corrected chi connectivity index (χ1v) is 10.4. The van der Waals surface area contributed by atoms with E-state index in [-0.39, 0.29) is 19.1 Å². The Morgan fingerprint density at radius 2 is 1.73 bits per heavy atom. The fraction of sp³-hybridized carbons (Fsp3) is 0.261. The lowest BCUT2D eigenvalue weighted by molar-refractivity contribution is -0.139. The second kappa shape index (κ2) is 9.51. The zero-order valence-electron chi connectivity index (χ0n) is 17.9. The average Bonchev–Trinajstić information content (AvgIpc) is 3.36. The van der Waals surface area contributed by atoms with Crippen molar-refractivity contribution in [3.8, 4) is 11.1 Å². The van der Waals surface area contributed by atoms with Crippen LogP contribution in [-0.4, -0.2) is 50.7 Å². The van der Waals surface area contributed by atoms with Crippen LogP contribution in [0.2, 0.25) is 0 Å². The number of rotatable bonds is 8. The fourth-order valence-corrected chi connectivity index (χ4v) is 3.94. The molecule has 0 saturated heterocycles. The smallest absolute Gasteiger partial charge is 0.407 e. The summed E-state index contributed by atoms with van der Waals surface area (Å²) < 4.78 is 5.42. The van der Waals surface area contributed by atoms with E-state index >= 15 is 0 Å². The van der Waals surface area contributed by atoms with Gasteiger partial charge in [0, 0.05) is 13.0 Å². The van der Waals surface area contributed by atoms with Gasteiger partial charge in [-0.3, -0.25) is 9.59 Å². The molecular formula is C23H23N5O5. The summed E-state index contributed by atoms with van der Waals surface area (Å²) in [5.74, 6) is -2.03. The minimum atomic E-state index is -1.30. The standard InChI is InChI=1S/C23H23N5O5/c1-28-25-12-14(27-28)11-24-22(31)20(10-21(29)30)26-23(32)33-13-19-17-8-4-2-6-15(17)16-7-3-5-9-18(16)19/h2-9,12,19-20H,10-11,13H2,1H3,(H,24,31)(H,26,32)(H,29,30). The summed E-state index contributed by atoms with van der Waals surface area (Å²) >= 11 is 0. The Balaban J connectivity index is 1.38. The number of ether oxygens (including phenoxy) is 1. The maximum atomic E-state index is 12.5. The normalized spacial score (nSPS) is 13.0. The monoisotopic (exact) mass is 449 g/mol. The first-order chi connectivity index (χ1) is 15.9. The van der Waals surface area contributed by atoms with E-state index in [2.05, 4.69) is 20.8 Å². The highest BCUT2D eigenvalue weighted by molar-refractivity contribution is 5.89. The lowest BCUT2D eigenvalue weighted by atomic mass is 9.98. The summed E-state index contributed by atoms with van der Waals surface area (Å²) in [4.78, 5) is 37.5. The van der Waals surface area contributed by atoms with Gasteiger partial charge in [-0.05, 0) is 22.3 Å². The van der Waals surface area contributed by atoms with E-state index in [0.29, 0.717) is 5.69 Å². The third kappa shape index (κ3) is 5.00. The molecule has 0 saturated carbocycles. The first kappa shape index (κ1) is 22.0. The van der Waals surface area contributed by atoms with E-state index in [1.165, 1.54) is 11.0 Å². The summed E-state index contributed by atoms with van der Waals surface area (Å²) in [6.07, 6.45) is 0.0276. The SMILES string of the molecule is Cn1ncc(CNC(=O)C(CC(=O)O)NC(=O)OCC2c3ccccc3-c3ccccc32)n1. The molecule has 1 unspecified atom stereocenters. The van der Waals surface area contributed by atoms with Gasteiger partial charge in [0.2, 0.25) is 5.91 Å². The number of nitrogens with zero attached hydrogens (tertiary/aromatic N) is 3. The average molecular weight is 449 g/mol. The van der Waals surface area contributed by atoms with E-state index in [0.717, 1.165) is 22.3 Å². The molecule has 0 fully saturated rings. The van der Waals surface area contributed by atoms with E-state index in [4.69, 9.17) is 9.84 Å². The molecule has 1 heterocycles. The number of alkyl carbamates (subject to hydrolysis) is 1. The highest BCUT2D eigenvalue weighted by Crippen LogP contribution is 2.44. The Morgan fingerprint density at radius 3 is 2.30 bits per heavy atom. The number of aromatic nitrogens is 3. The van der Waals surface area contributed by atoms with Crippen LogP contribution in [0.1, 0.15) is 29.2 Å². The molecule has 1 aromatic heterocycles. The van der Waals surface area contributed by atoms with Gasteiger partial charge >= 0.3 is 12.1 Å². The number of hydrogen-bond donors (Lipinski definition) is 3. The first-order valence-electron chi connectivity index (χ1n) is 10.4. The summed E-state index contributed by atoms with van der Waals surface area (Å²) in [6, 6.07) is 14.5. The van der Waals surface area contributed by atoms with Crippen LogP contribution >= 0.6 is 0 Å². The molecule has 10 nitrogen and oxygen atoms in total. The van der Waals surface area contributed by atoms with Crippen molar-refractivity contribution in [3.63, 3.8) is 0 Å². The van der Waals surface area contributed by atoms with E-state index in [1.807, 2.05) is 48.5 Å². The molecule has 170 valence electrons. The van der Waals surface area contributed by atoms with Gasteiger partial charge in [-0.25, -0.2) is 4.79 Å². The van der Waals surface area contributed by atoms with Crippen LogP contribution in [0.5, 0.6) is 0 Å². The molecule has 0 aliphatic heterocycles. The van der Waals surface area contributed by atoms with Gasteiger partial charge in [0.1, 0.15) is 18.3 Å². The van der Waals surface area contributed by atoms with Crippen molar-refractivity contribution < 1.29 is 24.2 Å². The van der Waals surface area contributed by atoms with Crippen molar-refractivity contribution in [2.75, 3.05) is 6.61 Å². The topological polar surface area (TPSA) is 135 Å². The van der Waals surface area contributed by atoms with Gasteiger partial charge in [-0.1, -0.05) is 48.5 Å². The number of carboxylic acids is 1. The Morgan fingerprint density at radius 1 is 1.09 bits per heavy atom. The van der Waals surface area contributed by atoms with E-state index in [9.17, 15) is 14.4 Å². The maximum absolute atomic E-state index is 12.5. The highest BCUT2D eigenvalue weighted by Gasteiger charge is 2.30. The Labute approximate surface area is 189 Å². The lowest BCUT2D eigenvalue weighted by Gasteiger charge is -2.18. The number of carbonyl (C=O) groups excluding carboxylic acids is 2. The van der Waals surface area contributed by atoms with Gasteiger partial charge in [0.05, 0.1) is 19.2 Å². The fourth-order valence-electron chi connectivity index (χ4n) is 3.94. The number of carbonyl (C=O) groups is 3. The summed E-state index contributed by atoms with van der Waals surface area (Å²) in [5, 5.41) is 22.0. The lowest BCUT2D eigenvalue weighted by Crippen LogP contribution is -2.48. The van der Waals surface area contributed by atoms with Crippen LogP contribution < -0.4 is 10.6 Å². The summed E-state index contributed by atoms with van der Waals surface area (Å²) in [7, 11) is 1.64. The van der Waals surface area contributed by atoms with Crippen LogP contribution in [0.25, 0.3) is 11.1 Å². The maximum Gasteiger partial charge on any atom is 0.407 e. The Kier molecular flexibility index (Phi) is 6.34. The molecule has 0 bridgehead atoms. The van der Waals surface area contributed by atoms with Crippen LogP contribution in [0.3, 0.4) is 0 Å². The largest absolute Gasteiger partial charge is 0.481 e. The third-order valence-electron chi connectivity index (χ3n) is 5.42. The number of hydrogen-bond acceptors (Lipinski definition) is 6. The number of carboxylic acid groups (broad SMARTS) is 1. The van der Waals surface area contributed by atoms with Crippen molar-refractivity contribution in [1.82, 2.24) is 25.6 Å². The van der Waals surface area contributed by atoms with Crippen molar-refractivity contribution in [2.45, 2.75) is 24.9 Å². The second-order valence-corrected chi connectivity index (χ2v) is 7.66. The van der Waals surface area contributed by atoms with Crippen molar-refractivity contribution in [3.05, 3.63) is 71.5 Å². The Hall–Kier alpha value is -4.21. The number of aliphatic carboxylic acids is 1. The van der Waals surface area contributed by atoms with Gasteiger partial charge < -0.3 is 20.5 Å². The molecule has 1 atom stereocenters. The zero-order chi connectivity index (χ0) is 23.4. The minimum Gasteiger partial charge on any atom is -0.481 e. The van der Waals surface area contributed by atoms with Gasteiger partial charge in [0.25, 0.3) is 0 Å². The molecule has 2 aromatic carbocycles. The summed E-state index contributed by atoms with van der Waals surface area (Å²) in [5.41, 5.74) is 4.79. The second-order valence-electron chi connectivity index (χ2n) is 7.66.